The molecule has 0 saturated carbocycles. The third-order valence-electron chi connectivity index (χ3n) is 5.09. The van der Waals surface area contributed by atoms with E-state index in [2.05, 4.69) is 15.6 Å². The summed E-state index contributed by atoms with van der Waals surface area (Å²) >= 11 is 0. The van der Waals surface area contributed by atoms with E-state index in [-0.39, 0.29) is 42.3 Å². The fraction of sp³-hybridized carbons (Fsp3) is 0.208. The normalized spacial score (nSPS) is 10.5. The molecule has 8 nitrogen and oxygen atoms in total. The van der Waals surface area contributed by atoms with Gasteiger partial charge in [0.25, 0.3) is 0 Å². The molecule has 0 aliphatic rings. The van der Waals surface area contributed by atoms with Crippen LogP contribution in [0.25, 0.3) is 11.3 Å². The number of anilines is 3. The van der Waals surface area contributed by atoms with Crippen LogP contribution in [-0.2, 0) is 16.1 Å². The number of aromatic nitrogens is 1. The summed E-state index contributed by atoms with van der Waals surface area (Å²) in [5.74, 6) is -0.812. The van der Waals surface area contributed by atoms with Crippen molar-refractivity contribution >= 4 is 29.0 Å². The second kappa shape index (κ2) is 9.99. The van der Waals surface area contributed by atoms with E-state index < -0.39 is 0 Å². The monoisotopic (exact) mass is 451 g/mol. The first-order chi connectivity index (χ1) is 15.7. The lowest BCUT2D eigenvalue weighted by molar-refractivity contribution is -0.125. The number of hydrogen-bond donors (Lipinski definition) is 4. The van der Waals surface area contributed by atoms with Gasteiger partial charge in [0.05, 0.1) is 17.9 Å². The Hall–Kier alpha value is -4.14. The zero-order valence-corrected chi connectivity index (χ0v) is 18.6. The molecule has 0 radical (unpaired) electrons. The molecule has 2 amide bonds. The molecule has 33 heavy (non-hydrogen) atoms. The van der Waals surface area contributed by atoms with Crippen molar-refractivity contribution < 1.29 is 19.1 Å². The van der Waals surface area contributed by atoms with Crippen molar-refractivity contribution in [1.29, 1.82) is 0 Å². The highest BCUT2D eigenvalue weighted by molar-refractivity contribution is 5.83. The average molecular weight is 452 g/mol. The molecule has 3 aromatic rings. The summed E-state index contributed by atoms with van der Waals surface area (Å²) in [4.78, 5) is 28.7. The first-order valence-electron chi connectivity index (χ1n) is 10.3. The van der Waals surface area contributed by atoms with Gasteiger partial charge < -0.3 is 26.4 Å². The first kappa shape index (κ1) is 23.5. The molecule has 0 fully saturated rings. The van der Waals surface area contributed by atoms with E-state index in [4.69, 9.17) is 5.73 Å². The van der Waals surface area contributed by atoms with Crippen LogP contribution in [0.15, 0.2) is 48.5 Å². The Morgan fingerprint density at radius 1 is 1.12 bits per heavy atom. The van der Waals surface area contributed by atoms with E-state index in [1.807, 2.05) is 13.0 Å². The van der Waals surface area contributed by atoms with E-state index in [9.17, 15) is 19.1 Å². The number of aryl methyl sites for hydroxylation is 1. The Kier molecular flexibility index (Phi) is 7.12. The predicted molar refractivity (Wildman–Crippen MR) is 125 cm³/mol. The molecule has 0 spiro atoms. The Labute approximate surface area is 191 Å². The topological polar surface area (TPSA) is 121 Å². The maximum Gasteiger partial charge on any atom is 0.239 e. The van der Waals surface area contributed by atoms with Crippen molar-refractivity contribution in [2.24, 2.45) is 0 Å². The van der Waals surface area contributed by atoms with E-state index in [1.165, 1.54) is 19.1 Å². The van der Waals surface area contributed by atoms with Gasteiger partial charge in [0, 0.05) is 37.3 Å². The fourth-order valence-corrected chi connectivity index (χ4v) is 3.23. The Morgan fingerprint density at radius 3 is 2.55 bits per heavy atom. The van der Waals surface area contributed by atoms with Gasteiger partial charge in [-0.3, -0.25) is 9.59 Å². The zero-order valence-electron chi connectivity index (χ0n) is 18.6. The van der Waals surface area contributed by atoms with Gasteiger partial charge in [-0.2, -0.15) is 0 Å². The summed E-state index contributed by atoms with van der Waals surface area (Å²) in [6, 6.07) is 13.3. The number of aromatic hydroxyl groups is 1. The van der Waals surface area contributed by atoms with Gasteiger partial charge in [0.2, 0.25) is 11.8 Å². The summed E-state index contributed by atoms with van der Waals surface area (Å²) in [5.41, 5.74) is 9.39. The van der Waals surface area contributed by atoms with Crippen molar-refractivity contribution in [1.82, 2.24) is 15.6 Å². The first-order valence-corrected chi connectivity index (χ1v) is 10.3. The number of carbonyl (C=O) groups excluding carboxylic acids is 2. The van der Waals surface area contributed by atoms with E-state index in [0.29, 0.717) is 28.2 Å². The molecule has 0 aliphatic heterocycles. The number of hydrogen-bond acceptors (Lipinski definition) is 6. The number of nitrogens with zero attached hydrogens (tertiary/aromatic N) is 2. The summed E-state index contributed by atoms with van der Waals surface area (Å²) in [6.45, 7) is 3.16. The van der Waals surface area contributed by atoms with Crippen molar-refractivity contribution in [3.8, 4) is 17.0 Å². The van der Waals surface area contributed by atoms with Gasteiger partial charge in [-0.05, 0) is 48.9 Å². The number of halogens is 1. The number of nitrogen functional groups attached to an aromatic ring is 1. The molecule has 0 atom stereocenters. The van der Waals surface area contributed by atoms with E-state index in [0.717, 1.165) is 5.56 Å². The molecule has 0 bridgehead atoms. The highest BCUT2D eigenvalue weighted by atomic mass is 19.1. The van der Waals surface area contributed by atoms with Crippen LogP contribution in [0.1, 0.15) is 18.1 Å². The number of benzene rings is 2. The molecule has 1 aromatic heterocycles. The van der Waals surface area contributed by atoms with Crippen LogP contribution < -0.4 is 21.3 Å². The molecular weight excluding hydrogens is 425 g/mol. The van der Waals surface area contributed by atoms with Crippen LogP contribution in [-0.4, -0.2) is 35.5 Å². The number of pyridine rings is 1. The van der Waals surface area contributed by atoms with Crippen molar-refractivity contribution in [2.75, 3.05) is 24.2 Å². The quantitative estimate of drug-likeness (QED) is 0.438. The second-order valence-corrected chi connectivity index (χ2v) is 7.64. The Bertz CT molecular complexity index is 1200. The largest absolute Gasteiger partial charge is 0.507 e. The van der Waals surface area contributed by atoms with Gasteiger partial charge in [0.1, 0.15) is 17.4 Å². The van der Waals surface area contributed by atoms with Gasteiger partial charge in [-0.25, -0.2) is 9.37 Å². The number of nitrogens with two attached hydrogens (primary N) is 1. The number of amides is 2. The number of phenolic OH excluding ortho intramolecular Hbond substituents is 1. The van der Waals surface area contributed by atoms with E-state index >= 15 is 0 Å². The van der Waals surface area contributed by atoms with Gasteiger partial charge >= 0.3 is 0 Å². The highest BCUT2D eigenvalue weighted by Crippen LogP contribution is 2.35. The lowest BCUT2D eigenvalue weighted by Gasteiger charge is -2.21. The van der Waals surface area contributed by atoms with Crippen LogP contribution in [0, 0.1) is 12.7 Å². The number of rotatable bonds is 7. The van der Waals surface area contributed by atoms with Gasteiger partial charge in [-0.1, -0.05) is 12.1 Å². The number of nitrogens with one attached hydrogen (secondary N) is 2. The molecule has 3 rings (SSSR count). The molecule has 9 heteroatoms. The zero-order chi connectivity index (χ0) is 24.1. The molecule has 0 unspecified atom stereocenters. The number of phenols is 1. The molecule has 1 heterocycles. The summed E-state index contributed by atoms with van der Waals surface area (Å²) in [6.07, 6.45) is 0. The summed E-state index contributed by atoms with van der Waals surface area (Å²) in [5, 5.41) is 15.5. The van der Waals surface area contributed by atoms with Crippen LogP contribution >= 0.6 is 0 Å². The molecule has 172 valence electrons. The minimum Gasteiger partial charge on any atom is -0.507 e. The van der Waals surface area contributed by atoms with Gasteiger partial charge in [0.15, 0.2) is 0 Å². The van der Waals surface area contributed by atoms with Crippen LogP contribution in [0.5, 0.6) is 5.75 Å². The minimum atomic E-state index is -0.356. The lowest BCUT2D eigenvalue weighted by Crippen LogP contribution is -2.35. The van der Waals surface area contributed by atoms with Crippen LogP contribution in [0.4, 0.5) is 21.6 Å². The van der Waals surface area contributed by atoms with Crippen molar-refractivity contribution in [3.63, 3.8) is 0 Å². The standard InChI is InChI=1S/C24H26FN5O3/c1-14-4-8-21(19(25)10-14)30(3)17-6-9-22(32)18(11-17)20-7-5-16(24(26)29-20)12-28-23(33)13-27-15(2)31/h4-11,32H,12-13H2,1-3H3,(H2,26,29)(H,27,31)(H,28,33). The van der Waals surface area contributed by atoms with Crippen LogP contribution in [0.3, 0.4) is 0 Å². The molecule has 0 aliphatic carbocycles. The second-order valence-electron chi connectivity index (χ2n) is 7.64. The fourth-order valence-electron chi connectivity index (χ4n) is 3.23. The average Bonchev–Trinajstić information content (AvgIpc) is 2.76. The third kappa shape index (κ3) is 5.76. The van der Waals surface area contributed by atoms with E-state index in [1.54, 1.807) is 42.3 Å². The molecular formula is C24H26FN5O3. The molecule has 0 saturated heterocycles. The van der Waals surface area contributed by atoms with Crippen molar-refractivity contribution in [2.45, 2.75) is 20.4 Å². The van der Waals surface area contributed by atoms with Gasteiger partial charge in [-0.15, -0.1) is 0 Å². The minimum absolute atomic E-state index is 0.000196. The van der Waals surface area contributed by atoms with Crippen LogP contribution in [0.2, 0.25) is 0 Å². The predicted octanol–water partition coefficient (Wildman–Crippen LogP) is 3.00. The highest BCUT2D eigenvalue weighted by Gasteiger charge is 2.15. The Morgan fingerprint density at radius 2 is 1.88 bits per heavy atom. The Balaban J connectivity index is 1.81. The smallest absolute Gasteiger partial charge is 0.239 e. The molecule has 5 N–H and O–H groups in total. The summed E-state index contributed by atoms with van der Waals surface area (Å²) < 4.78 is 14.4. The lowest BCUT2D eigenvalue weighted by atomic mass is 10.1. The maximum absolute atomic E-state index is 14.4. The maximum atomic E-state index is 14.4. The molecule has 2 aromatic carbocycles. The summed E-state index contributed by atoms with van der Waals surface area (Å²) in [7, 11) is 1.73. The van der Waals surface area contributed by atoms with Crippen molar-refractivity contribution in [3.05, 3.63) is 65.5 Å². The SMILES string of the molecule is CC(=O)NCC(=O)NCc1ccc(-c2cc(N(C)c3ccc(C)cc3F)ccc2O)nc1N. The number of carbonyl (C=O) groups is 2. The third-order valence-corrected chi connectivity index (χ3v) is 5.09.